The highest BCUT2D eigenvalue weighted by Gasteiger charge is 2.04. The predicted molar refractivity (Wildman–Crippen MR) is 62.1 cm³/mol. The molecule has 2 aromatic heterocycles. The Morgan fingerprint density at radius 1 is 1.25 bits per heavy atom. The van der Waals surface area contributed by atoms with E-state index in [1.807, 2.05) is 0 Å². The van der Waals surface area contributed by atoms with Crippen molar-refractivity contribution in [3.05, 3.63) is 24.5 Å². The Bertz CT molecular complexity index is 475. The maximum absolute atomic E-state index is 5.57. The van der Waals surface area contributed by atoms with Crippen molar-refractivity contribution in [2.45, 2.75) is 10.2 Å². The van der Waals surface area contributed by atoms with Gasteiger partial charge in [0.25, 0.3) is 0 Å². The van der Waals surface area contributed by atoms with Gasteiger partial charge in [0.1, 0.15) is 10.8 Å². The Morgan fingerprint density at radius 2 is 2.00 bits per heavy atom. The summed E-state index contributed by atoms with van der Waals surface area (Å²) in [5, 5.41) is 4.25. The van der Waals surface area contributed by atoms with Gasteiger partial charge in [-0.25, -0.2) is 15.0 Å². The second-order valence-electron chi connectivity index (χ2n) is 2.83. The number of nitrogens with one attached hydrogen (secondary N) is 1. The van der Waals surface area contributed by atoms with E-state index in [9.17, 15) is 0 Å². The Hall–Kier alpha value is -1.89. The fourth-order valence-corrected chi connectivity index (χ4v) is 1.78. The van der Waals surface area contributed by atoms with E-state index in [2.05, 4.69) is 25.3 Å². The first-order valence-electron chi connectivity index (χ1n) is 4.55. The van der Waals surface area contributed by atoms with Crippen molar-refractivity contribution in [3.63, 3.8) is 0 Å². The third kappa shape index (κ3) is 2.57. The zero-order valence-corrected chi connectivity index (χ0v) is 9.40. The van der Waals surface area contributed by atoms with Crippen LogP contribution in [0.3, 0.4) is 0 Å². The van der Waals surface area contributed by atoms with E-state index in [1.165, 1.54) is 11.8 Å². The number of rotatable bonds is 3. The van der Waals surface area contributed by atoms with Gasteiger partial charge >= 0.3 is 0 Å². The van der Waals surface area contributed by atoms with Crippen molar-refractivity contribution < 1.29 is 0 Å². The van der Waals surface area contributed by atoms with Crippen LogP contribution >= 0.6 is 11.8 Å². The summed E-state index contributed by atoms with van der Waals surface area (Å²) in [7, 11) is 1.77. The van der Waals surface area contributed by atoms with Crippen molar-refractivity contribution in [3.8, 4) is 0 Å². The number of hydrogen-bond donors (Lipinski definition) is 2. The lowest BCUT2D eigenvalue weighted by atomic mass is 10.6. The molecule has 0 aliphatic rings. The maximum Gasteiger partial charge on any atom is 0.223 e. The molecule has 16 heavy (non-hydrogen) atoms. The first-order chi connectivity index (χ1) is 7.78. The van der Waals surface area contributed by atoms with Gasteiger partial charge in [-0.3, -0.25) is 0 Å². The van der Waals surface area contributed by atoms with Crippen LogP contribution in [0.25, 0.3) is 0 Å². The lowest BCUT2D eigenvalue weighted by molar-refractivity contribution is 0.957. The number of anilines is 2. The van der Waals surface area contributed by atoms with E-state index in [-0.39, 0.29) is 5.95 Å². The summed E-state index contributed by atoms with van der Waals surface area (Å²) in [6.07, 6.45) is 3.36. The lowest BCUT2D eigenvalue weighted by Crippen LogP contribution is -2.00. The summed E-state index contributed by atoms with van der Waals surface area (Å²) < 4.78 is 0. The fraction of sp³-hybridized carbons (Fsp3) is 0.111. The monoisotopic (exact) mass is 234 g/mol. The van der Waals surface area contributed by atoms with Gasteiger partial charge in [0.05, 0.1) is 0 Å². The van der Waals surface area contributed by atoms with E-state index < -0.39 is 0 Å². The van der Waals surface area contributed by atoms with Gasteiger partial charge in [0.2, 0.25) is 5.95 Å². The minimum Gasteiger partial charge on any atom is -0.373 e. The molecular weight excluding hydrogens is 224 g/mol. The Kier molecular flexibility index (Phi) is 3.16. The lowest BCUT2D eigenvalue weighted by Gasteiger charge is -2.03. The summed E-state index contributed by atoms with van der Waals surface area (Å²) in [6, 6.07) is 3.55. The molecule has 0 spiro atoms. The smallest absolute Gasteiger partial charge is 0.223 e. The van der Waals surface area contributed by atoms with Crippen LogP contribution in [0.1, 0.15) is 0 Å². The first kappa shape index (κ1) is 10.6. The number of aromatic nitrogens is 4. The molecule has 2 aromatic rings. The van der Waals surface area contributed by atoms with Crippen LogP contribution in [0.4, 0.5) is 11.8 Å². The van der Waals surface area contributed by atoms with Crippen molar-refractivity contribution in [2.75, 3.05) is 18.1 Å². The first-order valence-corrected chi connectivity index (χ1v) is 5.37. The molecule has 0 atom stereocenters. The second-order valence-corrected chi connectivity index (χ2v) is 3.82. The fourth-order valence-electron chi connectivity index (χ4n) is 1.05. The van der Waals surface area contributed by atoms with E-state index in [0.717, 1.165) is 0 Å². The second kappa shape index (κ2) is 4.75. The zero-order chi connectivity index (χ0) is 11.4. The summed E-state index contributed by atoms with van der Waals surface area (Å²) in [6.45, 7) is 0. The molecule has 2 rings (SSSR count). The molecule has 2 heterocycles. The van der Waals surface area contributed by atoms with Crippen molar-refractivity contribution in [1.29, 1.82) is 0 Å². The zero-order valence-electron chi connectivity index (χ0n) is 8.58. The topological polar surface area (TPSA) is 89.6 Å². The minimum absolute atomic E-state index is 0.227. The van der Waals surface area contributed by atoms with Gasteiger partial charge in [-0.2, -0.15) is 4.98 Å². The Labute approximate surface area is 96.7 Å². The molecule has 0 aromatic carbocycles. The van der Waals surface area contributed by atoms with Gasteiger partial charge in [-0.05, 0) is 17.8 Å². The van der Waals surface area contributed by atoms with Crippen LogP contribution in [-0.4, -0.2) is 27.0 Å². The maximum atomic E-state index is 5.57. The van der Waals surface area contributed by atoms with Crippen LogP contribution < -0.4 is 11.1 Å². The number of nitrogens with zero attached hydrogens (tertiary/aromatic N) is 4. The highest BCUT2D eigenvalue weighted by atomic mass is 32.2. The summed E-state index contributed by atoms with van der Waals surface area (Å²) >= 11 is 1.34. The van der Waals surface area contributed by atoms with Gasteiger partial charge in [-0.15, -0.1) is 0 Å². The predicted octanol–water partition coefficient (Wildman–Crippen LogP) is 1.04. The molecule has 0 saturated heterocycles. The summed E-state index contributed by atoms with van der Waals surface area (Å²) in [5.41, 5.74) is 5.57. The SMILES string of the molecule is CNc1cc(Sc2ncccn2)nc(N)n1. The molecule has 0 radical (unpaired) electrons. The largest absolute Gasteiger partial charge is 0.373 e. The van der Waals surface area contributed by atoms with Crippen LogP contribution in [0.2, 0.25) is 0 Å². The summed E-state index contributed by atoms with van der Waals surface area (Å²) in [5.74, 6) is 0.899. The molecule has 0 aliphatic heterocycles. The molecule has 7 heteroatoms. The normalized spacial score (nSPS) is 10.1. The van der Waals surface area contributed by atoms with Crippen LogP contribution in [-0.2, 0) is 0 Å². The quantitative estimate of drug-likeness (QED) is 0.605. The van der Waals surface area contributed by atoms with E-state index in [0.29, 0.717) is 16.0 Å². The molecule has 3 N–H and O–H groups in total. The molecule has 82 valence electrons. The van der Waals surface area contributed by atoms with Crippen molar-refractivity contribution in [2.24, 2.45) is 0 Å². The molecule has 0 aliphatic carbocycles. The molecule has 0 bridgehead atoms. The van der Waals surface area contributed by atoms with Crippen molar-refractivity contribution >= 4 is 23.5 Å². The van der Waals surface area contributed by atoms with Gasteiger partial charge in [0.15, 0.2) is 5.16 Å². The van der Waals surface area contributed by atoms with Crippen molar-refractivity contribution in [1.82, 2.24) is 19.9 Å². The van der Waals surface area contributed by atoms with Gasteiger partial charge < -0.3 is 11.1 Å². The Balaban J connectivity index is 2.24. The standard InChI is InChI=1S/C9H10N6S/c1-11-6-5-7(15-8(10)14-6)16-9-12-3-2-4-13-9/h2-5H,1H3,(H3,10,11,14,15). The number of nitrogens with two attached hydrogens (primary N) is 1. The average Bonchev–Trinajstić information content (AvgIpc) is 2.29. The number of nitrogen functional groups attached to an aromatic ring is 1. The molecule has 0 amide bonds. The van der Waals surface area contributed by atoms with E-state index in [4.69, 9.17) is 5.73 Å². The van der Waals surface area contributed by atoms with Crippen LogP contribution in [0.15, 0.2) is 34.7 Å². The van der Waals surface area contributed by atoms with E-state index >= 15 is 0 Å². The molecule has 6 nitrogen and oxygen atoms in total. The van der Waals surface area contributed by atoms with E-state index in [1.54, 1.807) is 31.6 Å². The average molecular weight is 234 g/mol. The summed E-state index contributed by atoms with van der Waals surface area (Å²) in [4.78, 5) is 16.3. The molecule has 0 unspecified atom stereocenters. The highest BCUT2D eigenvalue weighted by Crippen LogP contribution is 2.24. The Morgan fingerprint density at radius 3 is 2.69 bits per heavy atom. The van der Waals surface area contributed by atoms with Crippen LogP contribution in [0, 0.1) is 0 Å². The van der Waals surface area contributed by atoms with Gasteiger partial charge in [0, 0.05) is 25.5 Å². The number of hydrogen-bond acceptors (Lipinski definition) is 7. The third-order valence-corrected chi connectivity index (χ3v) is 2.53. The highest BCUT2D eigenvalue weighted by molar-refractivity contribution is 7.99. The van der Waals surface area contributed by atoms with Crippen LogP contribution in [0.5, 0.6) is 0 Å². The minimum atomic E-state index is 0.227. The molecule has 0 saturated carbocycles. The molecular formula is C9H10N6S. The van der Waals surface area contributed by atoms with Gasteiger partial charge in [-0.1, -0.05) is 0 Å². The molecule has 0 fully saturated rings. The third-order valence-electron chi connectivity index (χ3n) is 1.71.